The van der Waals surface area contributed by atoms with E-state index in [0.717, 1.165) is 73.6 Å². The molecule has 0 unspecified atom stereocenters. The Morgan fingerprint density at radius 1 is 0.725 bits per heavy atom. The highest BCUT2D eigenvalue weighted by Gasteiger charge is 2.14. The zero-order chi connectivity index (χ0) is 27.3. The molecule has 0 saturated heterocycles. The molecular weight excluding hydrogens is 546 g/mol. The first-order valence-corrected chi connectivity index (χ1v) is 14.5. The van der Waals surface area contributed by atoms with Crippen molar-refractivity contribution in [2.24, 2.45) is 0 Å². The third-order valence-corrected chi connectivity index (χ3v) is 8.36. The molecule has 1 amide bonds. The van der Waals surface area contributed by atoms with E-state index in [-0.39, 0.29) is 24.5 Å². The Morgan fingerprint density at radius 2 is 1.32 bits per heavy atom. The number of anilines is 1. The number of hydrogen-bond donors (Lipinski definition) is 3. The van der Waals surface area contributed by atoms with Gasteiger partial charge in [-0.2, -0.15) is 0 Å². The molecule has 0 bridgehead atoms. The number of carbonyl (C=O) groups excluding carboxylic acids is 2. The molecule has 6 aromatic rings. The van der Waals surface area contributed by atoms with Gasteiger partial charge >= 0.3 is 0 Å². The van der Waals surface area contributed by atoms with E-state index in [0.29, 0.717) is 11.6 Å². The van der Waals surface area contributed by atoms with Crippen LogP contribution in [-0.2, 0) is 41.7 Å². The van der Waals surface area contributed by atoms with Gasteiger partial charge in [-0.1, -0.05) is 11.3 Å². The fraction of sp³-hybridized carbons (Fsp3) is 0.259. The van der Waals surface area contributed by atoms with Crippen LogP contribution in [0.3, 0.4) is 0 Å². The molecule has 0 aliphatic rings. The number of pyridine rings is 2. The van der Waals surface area contributed by atoms with E-state index in [1.165, 1.54) is 22.7 Å². The van der Waals surface area contributed by atoms with Crippen molar-refractivity contribution >= 4 is 61.3 Å². The van der Waals surface area contributed by atoms with E-state index in [1.807, 2.05) is 24.5 Å². The molecule has 6 rings (SSSR count). The maximum atomic E-state index is 12.6. The molecule has 11 nitrogen and oxygen atoms in total. The topological polar surface area (TPSA) is 155 Å². The molecule has 3 N–H and O–H groups in total. The van der Waals surface area contributed by atoms with Crippen LogP contribution in [0.2, 0.25) is 0 Å². The number of hydrogen-bond acceptors (Lipinski definition) is 10. The number of nitrogens with zero attached hydrogens (tertiary/aromatic N) is 6. The number of aromatic amines is 2. The lowest BCUT2D eigenvalue weighted by Crippen LogP contribution is -2.14. The predicted octanol–water partition coefficient (Wildman–Crippen LogP) is 4.24. The summed E-state index contributed by atoms with van der Waals surface area (Å²) >= 11 is 2.89. The lowest BCUT2D eigenvalue weighted by molar-refractivity contribution is -0.118. The van der Waals surface area contributed by atoms with E-state index >= 15 is 0 Å². The third-order valence-electron chi connectivity index (χ3n) is 6.48. The number of nitrogens with one attached hydrogen (secondary N) is 3. The molecular formula is C27H25N9O2S2. The smallest absolute Gasteiger partial charge is 0.230 e. The highest BCUT2D eigenvalue weighted by Crippen LogP contribution is 2.22. The SMILES string of the molecule is O=C(Cc1nnc(CCCCc2nnc(NC(=O)Cc3c[nH]c4ccncc34)s2)s1)Cc1c[nH]c2ccncc12. The number of rotatable bonds is 12. The Balaban J connectivity index is 0.923. The largest absolute Gasteiger partial charge is 0.361 e. The number of ketones is 1. The summed E-state index contributed by atoms with van der Waals surface area (Å²) in [4.78, 5) is 39.7. The molecule has 0 atom stereocenters. The Morgan fingerprint density at radius 3 is 2.02 bits per heavy atom. The van der Waals surface area contributed by atoms with Crippen molar-refractivity contribution in [3.05, 3.63) is 75.5 Å². The molecule has 0 aliphatic heterocycles. The summed E-state index contributed by atoms with van der Waals surface area (Å²) in [7, 11) is 0. The molecule has 0 fully saturated rings. The summed E-state index contributed by atoms with van der Waals surface area (Å²) < 4.78 is 0. The van der Waals surface area contributed by atoms with Crippen LogP contribution in [0, 0.1) is 0 Å². The number of H-pyrrole nitrogens is 2. The first kappa shape index (κ1) is 25.9. The summed E-state index contributed by atoms with van der Waals surface area (Å²) in [6, 6.07) is 3.78. The average molecular weight is 572 g/mol. The molecule has 6 heterocycles. The first-order valence-electron chi connectivity index (χ1n) is 12.9. The van der Waals surface area contributed by atoms with Crippen molar-refractivity contribution in [3.63, 3.8) is 0 Å². The zero-order valence-corrected chi connectivity index (χ0v) is 23.0. The minimum absolute atomic E-state index is 0.102. The fourth-order valence-corrected chi connectivity index (χ4v) is 6.24. The number of amides is 1. The highest BCUT2D eigenvalue weighted by molar-refractivity contribution is 7.15. The number of fused-ring (bicyclic) bond motifs is 2. The van der Waals surface area contributed by atoms with E-state index in [2.05, 4.69) is 45.6 Å². The van der Waals surface area contributed by atoms with Crippen molar-refractivity contribution in [3.8, 4) is 0 Å². The van der Waals surface area contributed by atoms with E-state index in [1.54, 1.807) is 24.8 Å². The second-order valence-electron chi connectivity index (χ2n) is 9.39. The Bertz CT molecular complexity index is 1650. The van der Waals surface area contributed by atoms with Crippen molar-refractivity contribution in [1.29, 1.82) is 0 Å². The number of unbranched alkanes of at least 4 members (excludes halogenated alkanes) is 1. The van der Waals surface area contributed by atoms with E-state index in [9.17, 15) is 9.59 Å². The molecule has 6 aromatic heterocycles. The van der Waals surface area contributed by atoms with Crippen LogP contribution < -0.4 is 5.32 Å². The van der Waals surface area contributed by atoms with E-state index in [4.69, 9.17) is 0 Å². The lowest BCUT2D eigenvalue weighted by Gasteiger charge is -2.00. The maximum absolute atomic E-state index is 12.6. The first-order chi connectivity index (χ1) is 19.6. The normalized spacial score (nSPS) is 11.4. The average Bonchev–Trinajstić information content (AvgIpc) is 3.76. The molecule has 0 saturated carbocycles. The van der Waals surface area contributed by atoms with Gasteiger partial charge in [0.05, 0.1) is 12.8 Å². The van der Waals surface area contributed by atoms with Gasteiger partial charge in [0.15, 0.2) is 0 Å². The van der Waals surface area contributed by atoms with Crippen LogP contribution in [0.1, 0.15) is 39.0 Å². The maximum Gasteiger partial charge on any atom is 0.230 e. The molecule has 0 radical (unpaired) electrons. The van der Waals surface area contributed by atoms with Crippen LogP contribution in [0.25, 0.3) is 21.8 Å². The second-order valence-corrected chi connectivity index (χ2v) is 11.6. The van der Waals surface area contributed by atoms with Gasteiger partial charge in [0.2, 0.25) is 11.0 Å². The van der Waals surface area contributed by atoms with Crippen LogP contribution in [0.5, 0.6) is 0 Å². The van der Waals surface area contributed by atoms with Gasteiger partial charge in [0.1, 0.15) is 20.8 Å². The highest BCUT2D eigenvalue weighted by atomic mass is 32.1. The summed E-state index contributed by atoms with van der Waals surface area (Å²) in [6.07, 6.45) is 14.9. The number of aryl methyl sites for hydroxylation is 2. The van der Waals surface area contributed by atoms with Gasteiger partial charge in [0, 0.05) is 78.2 Å². The van der Waals surface area contributed by atoms with Gasteiger partial charge < -0.3 is 15.3 Å². The molecule has 40 heavy (non-hydrogen) atoms. The van der Waals surface area contributed by atoms with Crippen LogP contribution in [0.15, 0.2) is 49.3 Å². The van der Waals surface area contributed by atoms with Gasteiger partial charge in [-0.25, -0.2) is 0 Å². The molecule has 0 spiro atoms. The zero-order valence-electron chi connectivity index (χ0n) is 21.4. The Hall–Kier alpha value is -4.36. The van der Waals surface area contributed by atoms with Gasteiger partial charge in [-0.15, -0.1) is 31.7 Å². The molecule has 0 aromatic carbocycles. The summed E-state index contributed by atoms with van der Waals surface area (Å²) in [5.41, 5.74) is 3.77. The lowest BCUT2D eigenvalue weighted by atomic mass is 10.1. The predicted molar refractivity (Wildman–Crippen MR) is 153 cm³/mol. The number of carbonyl (C=O) groups is 2. The third kappa shape index (κ3) is 6.10. The van der Waals surface area contributed by atoms with E-state index < -0.39 is 0 Å². The summed E-state index contributed by atoms with van der Waals surface area (Å²) in [5.74, 6) is -0.0402. The van der Waals surface area contributed by atoms with Crippen LogP contribution >= 0.6 is 22.7 Å². The summed E-state index contributed by atoms with van der Waals surface area (Å²) in [5, 5.41) is 24.6. The van der Waals surface area contributed by atoms with Crippen LogP contribution in [-0.4, -0.2) is 52.0 Å². The Labute approximate surface area is 236 Å². The number of Topliss-reactive ketones (excluding diaryl/α,β-unsaturated/α-hetero) is 1. The Kier molecular flexibility index (Phi) is 7.64. The minimum Gasteiger partial charge on any atom is -0.361 e. The quantitative estimate of drug-likeness (QED) is 0.184. The molecule has 0 aliphatic carbocycles. The minimum atomic E-state index is -0.142. The van der Waals surface area contributed by atoms with Gasteiger partial charge in [-0.3, -0.25) is 19.6 Å². The van der Waals surface area contributed by atoms with Crippen molar-refractivity contribution in [2.45, 2.75) is 44.9 Å². The summed E-state index contributed by atoms with van der Waals surface area (Å²) in [6.45, 7) is 0. The monoisotopic (exact) mass is 571 g/mol. The fourth-order valence-electron chi connectivity index (χ4n) is 4.53. The van der Waals surface area contributed by atoms with Crippen molar-refractivity contribution < 1.29 is 9.59 Å². The van der Waals surface area contributed by atoms with Crippen molar-refractivity contribution in [2.75, 3.05) is 5.32 Å². The van der Waals surface area contributed by atoms with Gasteiger partial charge in [-0.05, 0) is 36.1 Å². The molecule has 13 heteroatoms. The van der Waals surface area contributed by atoms with Crippen molar-refractivity contribution in [1.82, 2.24) is 40.3 Å². The standard InChI is InChI=1S/C27H25N9O2S2/c37-18(9-16-12-30-21-5-7-28-14-19(16)21)11-26-35-33-24(39-26)3-1-2-4-25-34-36-27(40-25)32-23(38)10-17-13-31-22-6-8-29-15-20(17)22/h5-8,12-15,30-31H,1-4,9-11H2,(H,32,36,38). The van der Waals surface area contributed by atoms with Crippen LogP contribution in [0.4, 0.5) is 5.13 Å². The number of aromatic nitrogens is 8. The molecule has 202 valence electrons. The van der Waals surface area contributed by atoms with Gasteiger partial charge in [0.25, 0.3) is 0 Å². The second kappa shape index (κ2) is 11.8.